The Morgan fingerprint density at radius 3 is 2.42 bits per heavy atom. The van der Waals surface area contributed by atoms with E-state index in [-0.39, 0.29) is 53.8 Å². The molecule has 1 amide bonds. The van der Waals surface area contributed by atoms with Gasteiger partial charge in [-0.05, 0) is 119 Å². The number of phenols is 2. The summed E-state index contributed by atoms with van der Waals surface area (Å²) in [5, 5.41) is 31.8. The number of amides is 1. The van der Waals surface area contributed by atoms with Gasteiger partial charge < -0.3 is 39.6 Å². The highest BCUT2D eigenvalue weighted by Crippen LogP contribution is 2.39. The number of piperidine rings is 1. The molecule has 9 rings (SSSR count). The minimum absolute atomic E-state index is 0.0150. The van der Waals surface area contributed by atoms with E-state index in [1.165, 1.54) is 6.07 Å². The minimum Gasteiger partial charge on any atom is -0.508 e. The predicted molar refractivity (Wildman–Crippen MR) is 255 cm³/mol. The van der Waals surface area contributed by atoms with Crippen molar-refractivity contribution in [3.8, 4) is 45.6 Å². The second kappa shape index (κ2) is 19.1. The second-order valence-corrected chi connectivity index (χ2v) is 18.1. The first-order valence-corrected chi connectivity index (χ1v) is 23.2. The van der Waals surface area contributed by atoms with Crippen LogP contribution < -0.4 is 16.0 Å². The van der Waals surface area contributed by atoms with E-state index in [1.54, 1.807) is 34.9 Å². The summed E-state index contributed by atoms with van der Waals surface area (Å²) in [6, 6.07) is 16.8. The molecule has 4 N–H and O–H groups in total. The van der Waals surface area contributed by atoms with Crippen LogP contribution in [0.2, 0.25) is 0 Å². The van der Waals surface area contributed by atoms with Crippen LogP contribution in [-0.4, -0.2) is 99.6 Å². The van der Waals surface area contributed by atoms with Crippen molar-refractivity contribution in [2.24, 2.45) is 5.92 Å². The Morgan fingerprint density at radius 1 is 0.896 bits per heavy atom. The first-order valence-electron chi connectivity index (χ1n) is 23.2. The van der Waals surface area contributed by atoms with E-state index in [0.717, 1.165) is 66.2 Å². The van der Waals surface area contributed by atoms with Crippen molar-refractivity contribution in [2.45, 2.75) is 97.2 Å². The van der Waals surface area contributed by atoms with Crippen LogP contribution in [0.1, 0.15) is 87.8 Å². The Kier molecular flexibility index (Phi) is 12.9. The summed E-state index contributed by atoms with van der Waals surface area (Å²) in [5.74, 6) is 2.31. The maximum atomic E-state index is 14.1. The lowest BCUT2D eigenvalue weighted by molar-refractivity contribution is -0.00822. The molecule has 1 aliphatic carbocycles. The zero-order chi connectivity index (χ0) is 46.9. The van der Waals surface area contributed by atoms with Crippen LogP contribution in [0.5, 0.6) is 17.4 Å². The third kappa shape index (κ3) is 9.24. The molecule has 67 heavy (non-hydrogen) atoms. The smallest absolute Gasteiger partial charge is 0.409 e. The second-order valence-electron chi connectivity index (χ2n) is 18.1. The summed E-state index contributed by atoms with van der Waals surface area (Å²) in [6.07, 6.45) is 9.15. The number of ether oxygens (including phenoxy) is 3. The number of benzene rings is 2. The lowest BCUT2D eigenvalue weighted by atomic mass is 9.92. The van der Waals surface area contributed by atoms with Crippen LogP contribution in [0.25, 0.3) is 50.1 Å². The monoisotopic (exact) mass is 910 g/mol. The molecule has 1 aliphatic heterocycles. The molecular weight excluding hydrogens is 853 g/mol. The average Bonchev–Trinajstić information content (AvgIpc) is 3.92. The van der Waals surface area contributed by atoms with Gasteiger partial charge in [0.25, 0.3) is 5.56 Å². The van der Waals surface area contributed by atoms with Crippen molar-refractivity contribution in [3.63, 3.8) is 0 Å². The number of fused-ring (bicyclic) bond motifs is 2. The van der Waals surface area contributed by atoms with Gasteiger partial charge in [-0.2, -0.15) is 4.98 Å². The van der Waals surface area contributed by atoms with Crippen LogP contribution in [0.4, 0.5) is 10.7 Å². The van der Waals surface area contributed by atoms with Crippen LogP contribution in [0.3, 0.4) is 0 Å². The number of hydrogen-bond acceptors (Lipinski definition) is 13. The molecule has 17 nitrogen and oxygen atoms in total. The Balaban J connectivity index is 0.738. The molecule has 1 saturated heterocycles. The number of carbonyl (C=O) groups is 1. The Morgan fingerprint density at radius 2 is 1.69 bits per heavy atom. The van der Waals surface area contributed by atoms with E-state index in [2.05, 4.69) is 54.1 Å². The van der Waals surface area contributed by atoms with Crippen LogP contribution in [-0.2, 0) is 16.0 Å². The molecule has 17 heteroatoms. The van der Waals surface area contributed by atoms with Gasteiger partial charge in [0, 0.05) is 83.3 Å². The van der Waals surface area contributed by atoms with E-state index in [9.17, 15) is 19.8 Å². The maximum absolute atomic E-state index is 14.1. The van der Waals surface area contributed by atoms with Gasteiger partial charge in [0.15, 0.2) is 5.82 Å². The largest absolute Gasteiger partial charge is 0.508 e. The molecular formula is C50H58N10O7. The number of nitrogens with two attached hydrogens (primary N) is 1. The number of nitrogen functional groups attached to an aromatic ring is 1. The molecule has 2 aliphatic rings. The number of aryl methyl sites for hydroxylation is 3. The number of aromatic hydroxyl groups is 2. The van der Waals surface area contributed by atoms with Crippen molar-refractivity contribution >= 4 is 34.0 Å². The summed E-state index contributed by atoms with van der Waals surface area (Å²) >= 11 is 0. The van der Waals surface area contributed by atoms with Gasteiger partial charge in [-0.3, -0.25) is 13.9 Å². The van der Waals surface area contributed by atoms with Gasteiger partial charge in [-0.1, -0.05) is 13.8 Å². The Labute approximate surface area is 388 Å². The summed E-state index contributed by atoms with van der Waals surface area (Å²) in [7, 11) is 1.55. The van der Waals surface area contributed by atoms with E-state index < -0.39 is 0 Å². The number of anilines is 1. The molecule has 1 saturated carbocycles. The number of hydrogen-bond donors (Lipinski definition) is 3. The fraction of sp³-hybridized carbons (Fsp3) is 0.420. The molecule has 6 heterocycles. The Hall–Kier alpha value is -7.01. The zero-order valence-corrected chi connectivity index (χ0v) is 38.7. The molecule has 0 atom stereocenters. The summed E-state index contributed by atoms with van der Waals surface area (Å²) in [6.45, 7) is 10.4. The molecule has 0 radical (unpaired) electrons. The number of carbonyl (C=O) groups excluding carboxylic acids is 1. The molecule has 7 aromatic rings. The van der Waals surface area contributed by atoms with E-state index in [0.29, 0.717) is 84.0 Å². The van der Waals surface area contributed by atoms with Gasteiger partial charge in [0.05, 0.1) is 31.1 Å². The van der Waals surface area contributed by atoms with Crippen LogP contribution >= 0.6 is 0 Å². The predicted octanol–water partition coefficient (Wildman–Crippen LogP) is 8.24. The standard InChI is InChI=1S/C50H58N10O7/c1-29(2)38-25-41(44(62)27-43(38)61)47-56-55-31(4)59(47)36-9-12-42-33(24-36)17-21-57(42)18-14-32-15-19-58(20-16-32)50(64)67-23-22-66-37-10-7-35(8-11-37)60-46-39(30(3)53-49(51)54-46)26-40(48(60)63)34-6-13-45(65-5)52-28-34/h6,9,12-13,17,21,24-29,32,35,37,61-62H,7-8,10-11,14-16,18-20,22-23H2,1-5H3,(H2,51,53,54). The number of rotatable bonds is 13. The highest BCUT2D eigenvalue weighted by Gasteiger charge is 2.29. The number of pyridine rings is 2. The molecule has 0 spiro atoms. The van der Waals surface area contributed by atoms with Gasteiger partial charge in [-0.15, -0.1) is 10.2 Å². The normalized spacial score (nSPS) is 16.9. The zero-order valence-electron chi connectivity index (χ0n) is 38.7. The SMILES string of the molecule is COc1ccc(-c2cc3c(C)nc(N)nc3n(C3CCC(OCCOC(=O)N4CCC(CCn5ccc6cc(-n7c(C)nnc7-c7cc(C(C)C)c(O)cc7O)ccc65)CC4)CC3)c2=O)cn1. The quantitative estimate of drug-likeness (QED) is 0.0932. The van der Waals surface area contributed by atoms with Crippen LogP contribution in [0, 0.1) is 19.8 Å². The van der Waals surface area contributed by atoms with Crippen LogP contribution in [0.15, 0.2) is 71.8 Å². The number of phenolic OH excluding ortho intramolecular Hbond substituents is 2. The lowest BCUT2D eigenvalue weighted by Crippen LogP contribution is -2.39. The third-order valence-corrected chi connectivity index (χ3v) is 13.5. The van der Waals surface area contributed by atoms with Crippen molar-refractivity contribution in [3.05, 3.63) is 94.4 Å². The lowest BCUT2D eigenvalue weighted by Gasteiger charge is -2.32. The van der Waals surface area contributed by atoms with Crippen molar-refractivity contribution in [1.29, 1.82) is 0 Å². The topological polar surface area (TPSA) is 211 Å². The third-order valence-electron chi connectivity index (χ3n) is 13.5. The number of methoxy groups -OCH3 is 1. The van der Waals surface area contributed by atoms with E-state index in [1.807, 2.05) is 50.5 Å². The first-order chi connectivity index (χ1) is 32.4. The number of nitrogens with zero attached hydrogens (tertiary/aromatic N) is 9. The highest BCUT2D eigenvalue weighted by molar-refractivity contribution is 5.85. The van der Waals surface area contributed by atoms with E-state index >= 15 is 0 Å². The Bertz CT molecular complexity index is 2980. The fourth-order valence-electron chi connectivity index (χ4n) is 9.81. The van der Waals surface area contributed by atoms with Crippen molar-refractivity contribution in [1.82, 2.24) is 43.8 Å². The maximum Gasteiger partial charge on any atom is 0.409 e. The minimum atomic E-state index is -0.305. The van der Waals surface area contributed by atoms with Gasteiger partial charge in [-0.25, -0.2) is 14.8 Å². The molecule has 0 bridgehead atoms. The molecule has 2 fully saturated rings. The molecule has 2 aromatic carbocycles. The number of aromatic nitrogens is 8. The highest BCUT2D eigenvalue weighted by atomic mass is 16.6. The van der Waals surface area contributed by atoms with Crippen molar-refractivity contribution < 1.29 is 29.2 Å². The molecule has 5 aromatic heterocycles. The average molecular weight is 911 g/mol. The number of likely N-dealkylation sites (tertiary alicyclic amines) is 1. The molecule has 350 valence electrons. The summed E-state index contributed by atoms with van der Waals surface area (Å²) < 4.78 is 23.1. The summed E-state index contributed by atoms with van der Waals surface area (Å²) in [5.41, 5.74) is 11.6. The van der Waals surface area contributed by atoms with Gasteiger partial charge in [0.1, 0.15) is 29.6 Å². The van der Waals surface area contributed by atoms with Crippen molar-refractivity contribution in [2.75, 3.05) is 39.1 Å². The fourth-order valence-corrected chi connectivity index (χ4v) is 9.81. The van der Waals surface area contributed by atoms with E-state index in [4.69, 9.17) is 19.9 Å². The van der Waals surface area contributed by atoms with Gasteiger partial charge >= 0.3 is 6.09 Å². The molecule has 0 unspecified atom stereocenters. The first kappa shape index (κ1) is 45.2. The van der Waals surface area contributed by atoms with Gasteiger partial charge in [0.2, 0.25) is 11.8 Å². The summed E-state index contributed by atoms with van der Waals surface area (Å²) in [4.78, 5) is 42.2.